The zero-order valence-corrected chi connectivity index (χ0v) is 6.06. The smallest absolute Gasteiger partial charge is 0.00425 e. The van der Waals surface area contributed by atoms with Gasteiger partial charge in [-0.15, -0.1) is 0 Å². The van der Waals surface area contributed by atoms with E-state index in [1.165, 1.54) is 12.8 Å². The molecule has 0 aromatic rings. The molecule has 1 atom stereocenters. The fourth-order valence-electron chi connectivity index (χ4n) is 1.17. The van der Waals surface area contributed by atoms with Crippen LogP contribution in [0.25, 0.3) is 0 Å². The van der Waals surface area contributed by atoms with Crippen molar-refractivity contribution in [3.05, 3.63) is 11.6 Å². The van der Waals surface area contributed by atoms with Gasteiger partial charge in [0.05, 0.1) is 0 Å². The van der Waals surface area contributed by atoms with Gasteiger partial charge >= 0.3 is 0 Å². The summed E-state index contributed by atoms with van der Waals surface area (Å²) in [6.07, 6.45) is 6.07. The van der Waals surface area contributed by atoms with Crippen LogP contribution >= 0.6 is 0 Å². The molecule has 1 nitrogen and oxygen atoms in total. The molecule has 0 amide bonds. The first-order valence-electron chi connectivity index (χ1n) is 3.73. The van der Waals surface area contributed by atoms with E-state index in [9.17, 15) is 0 Å². The van der Waals surface area contributed by atoms with E-state index in [1.807, 2.05) is 0 Å². The van der Waals surface area contributed by atoms with Crippen LogP contribution in [0.5, 0.6) is 0 Å². The van der Waals surface area contributed by atoms with Crippen LogP contribution in [0.1, 0.15) is 26.2 Å². The van der Waals surface area contributed by atoms with Gasteiger partial charge < -0.3 is 5.73 Å². The standard InChI is InChI=1S/C8H15N/c1-7-4-5-8(7)3-2-6-9/h3,7H,2,4-6,9H2,1H3/b8-3+. The molecule has 0 spiro atoms. The molecule has 0 aromatic carbocycles. The lowest BCUT2D eigenvalue weighted by Gasteiger charge is -2.25. The molecule has 2 N–H and O–H groups in total. The predicted octanol–water partition coefficient (Wildman–Crippen LogP) is 1.69. The van der Waals surface area contributed by atoms with Crippen LogP contribution in [0.3, 0.4) is 0 Å². The van der Waals surface area contributed by atoms with Gasteiger partial charge in [-0.1, -0.05) is 18.6 Å². The summed E-state index contributed by atoms with van der Waals surface area (Å²) in [6, 6.07) is 0. The Morgan fingerprint density at radius 3 is 2.89 bits per heavy atom. The van der Waals surface area contributed by atoms with Crippen LogP contribution in [0.2, 0.25) is 0 Å². The van der Waals surface area contributed by atoms with Crippen LogP contribution in [0, 0.1) is 5.92 Å². The van der Waals surface area contributed by atoms with Gasteiger partial charge in [0.1, 0.15) is 0 Å². The van der Waals surface area contributed by atoms with Crippen molar-refractivity contribution in [2.24, 2.45) is 11.7 Å². The first-order valence-corrected chi connectivity index (χ1v) is 3.73. The summed E-state index contributed by atoms with van der Waals surface area (Å²) in [4.78, 5) is 0. The Bertz CT molecular complexity index is 116. The van der Waals surface area contributed by atoms with E-state index in [0.717, 1.165) is 18.9 Å². The summed E-state index contributed by atoms with van der Waals surface area (Å²) in [7, 11) is 0. The van der Waals surface area contributed by atoms with Crippen molar-refractivity contribution in [2.45, 2.75) is 26.2 Å². The summed E-state index contributed by atoms with van der Waals surface area (Å²) in [5, 5.41) is 0. The third-order valence-electron chi connectivity index (χ3n) is 2.07. The summed E-state index contributed by atoms with van der Waals surface area (Å²) in [5.74, 6) is 0.858. The Kier molecular flexibility index (Phi) is 2.29. The van der Waals surface area contributed by atoms with E-state index in [4.69, 9.17) is 5.73 Å². The number of rotatable bonds is 2. The van der Waals surface area contributed by atoms with Crippen molar-refractivity contribution in [3.63, 3.8) is 0 Å². The normalized spacial score (nSPS) is 30.4. The molecule has 1 aliphatic carbocycles. The largest absolute Gasteiger partial charge is 0.330 e. The van der Waals surface area contributed by atoms with Gasteiger partial charge in [-0.3, -0.25) is 0 Å². The molecule has 1 rings (SSSR count). The van der Waals surface area contributed by atoms with Gasteiger partial charge in [0.25, 0.3) is 0 Å². The fraction of sp³-hybridized carbons (Fsp3) is 0.750. The first kappa shape index (κ1) is 6.81. The Morgan fingerprint density at radius 2 is 2.56 bits per heavy atom. The van der Waals surface area contributed by atoms with Gasteiger partial charge in [-0.2, -0.15) is 0 Å². The van der Waals surface area contributed by atoms with Crippen molar-refractivity contribution in [1.82, 2.24) is 0 Å². The second-order valence-corrected chi connectivity index (χ2v) is 2.80. The predicted molar refractivity (Wildman–Crippen MR) is 40.2 cm³/mol. The molecule has 52 valence electrons. The monoisotopic (exact) mass is 125 g/mol. The van der Waals surface area contributed by atoms with Crippen LogP contribution in [-0.2, 0) is 0 Å². The lowest BCUT2D eigenvalue weighted by molar-refractivity contribution is 0.480. The molecule has 0 heterocycles. The molecule has 0 aliphatic heterocycles. The van der Waals surface area contributed by atoms with Crippen molar-refractivity contribution in [3.8, 4) is 0 Å². The minimum absolute atomic E-state index is 0.802. The van der Waals surface area contributed by atoms with Crippen LogP contribution in [-0.4, -0.2) is 6.54 Å². The molecule has 0 saturated heterocycles. The van der Waals surface area contributed by atoms with E-state index < -0.39 is 0 Å². The Balaban J connectivity index is 2.24. The van der Waals surface area contributed by atoms with Crippen molar-refractivity contribution >= 4 is 0 Å². The van der Waals surface area contributed by atoms with Crippen molar-refractivity contribution in [1.29, 1.82) is 0 Å². The molecular formula is C8H15N. The van der Waals surface area contributed by atoms with Crippen LogP contribution in [0.4, 0.5) is 0 Å². The summed E-state index contributed by atoms with van der Waals surface area (Å²) in [6.45, 7) is 3.09. The third-order valence-corrected chi connectivity index (χ3v) is 2.07. The summed E-state index contributed by atoms with van der Waals surface area (Å²) >= 11 is 0. The highest BCUT2D eigenvalue weighted by Gasteiger charge is 2.17. The second-order valence-electron chi connectivity index (χ2n) is 2.80. The molecule has 1 unspecified atom stereocenters. The van der Waals surface area contributed by atoms with Crippen molar-refractivity contribution < 1.29 is 0 Å². The molecule has 9 heavy (non-hydrogen) atoms. The zero-order chi connectivity index (χ0) is 6.69. The lowest BCUT2D eigenvalue weighted by atomic mass is 9.80. The molecule has 1 saturated carbocycles. The maximum absolute atomic E-state index is 5.36. The molecule has 1 heteroatoms. The maximum Gasteiger partial charge on any atom is -0.00425 e. The van der Waals surface area contributed by atoms with Crippen molar-refractivity contribution in [2.75, 3.05) is 6.54 Å². The highest BCUT2D eigenvalue weighted by atomic mass is 14.5. The topological polar surface area (TPSA) is 26.0 Å². The molecule has 0 aromatic heterocycles. The average molecular weight is 125 g/mol. The molecule has 1 fully saturated rings. The van der Waals surface area contributed by atoms with E-state index >= 15 is 0 Å². The highest BCUT2D eigenvalue weighted by Crippen LogP contribution is 2.32. The lowest BCUT2D eigenvalue weighted by Crippen LogP contribution is -2.11. The number of hydrogen-bond acceptors (Lipinski definition) is 1. The Morgan fingerprint density at radius 1 is 1.78 bits per heavy atom. The maximum atomic E-state index is 5.36. The van der Waals surface area contributed by atoms with Gasteiger partial charge in [-0.25, -0.2) is 0 Å². The Hall–Kier alpha value is -0.300. The first-order chi connectivity index (χ1) is 4.34. The number of nitrogens with two attached hydrogens (primary N) is 1. The molecule has 0 radical (unpaired) electrons. The van der Waals surface area contributed by atoms with Gasteiger partial charge in [0.15, 0.2) is 0 Å². The van der Waals surface area contributed by atoms with Gasteiger partial charge in [-0.05, 0) is 31.7 Å². The van der Waals surface area contributed by atoms with E-state index in [0.29, 0.717) is 0 Å². The molecule has 0 bridgehead atoms. The van der Waals surface area contributed by atoms with E-state index in [1.54, 1.807) is 5.57 Å². The Labute approximate surface area is 56.9 Å². The van der Waals surface area contributed by atoms with Gasteiger partial charge in [0.2, 0.25) is 0 Å². The van der Waals surface area contributed by atoms with E-state index in [2.05, 4.69) is 13.0 Å². The zero-order valence-electron chi connectivity index (χ0n) is 6.06. The number of allylic oxidation sites excluding steroid dienone is 1. The van der Waals surface area contributed by atoms with Crippen LogP contribution < -0.4 is 5.73 Å². The summed E-state index contributed by atoms with van der Waals surface area (Å²) in [5.41, 5.74) is 6.98. The van der Waals surface area contributed by atoms with E-state index in [-0.39, 0.29) is 0 Å². The summed E-state index contributed by atoms with van der Waals surface area (Å²) < 4.78 is 0. The van der Waals surface area contributed by atoms with Gasteiger partial charge in [0, 0.05) is 0 Å². The molecule has 1 aliphatic rings. The fourth-order valence-corrected chi connectivity index (χ4v) is 1.17. The SMILES string of the molecule is CC1CC/C1=C\CCN. The number of hydrogen-bond donors (Lipinski definition) is 1. The van der Waals surface area contributed by atoms with Crippen LogP contribution in [0.15, 0.2) is 11.6 Å². The highest BCUT2D eigenvalue weighted by molar-refractivity contribution is 5.13. The third kappa shape index (κ3) is 1.55. The molecular weight excluding hydrogens is 110 g/mol. The quantitative estimate of drug-likeness (QED) is 0.558. The average Bonchev–Trinajstić information content (AvgIpc) is 1.86. The minimum atomic E-state index is 0.802. The minimum Gasteiger partial charge on any atom is -0.330 e. The second kappa shape index (κ2) is 3.02.